The van der Waals surface area contributed by atoms with Gasteiger partial charge in [0.25, 0.3) is 0 Å². The van der Waals surface area contributed by atoms with Crippen molar-refractivity contribution in [1.82, 2.24) is 29.9 Å². The second kappa shape index (κ2) is 7.54. The van der Waals surface area contributed by atoms with Crippen LogP contribution in [0.25, 0.3) is 22.6 Å². The van der Waals surface area contributed by atoms with Gasteiger partial charge in [-0.2, -0.15) is 0 Å². The van der Waals surface area contributed by atoms with Gasteiger partial charge in [0.1, 0.15) is 17.4 Å². The number of rotatable bonds is 6. The molecule has 5 rings (SSSR count). The highest BCUT2D eigenvalue weighted by atomic mass is 127. The fourth-order valence-electron chi connectivity index (χ4n) is 3.27. The summed E-state index contributed by atoms with van der Waals surface area (Å²) in [4.78, 5) is 25.7. The number of nitrogens with zero attached hydrogens (tertiary/aromatic N) is 5. The van der Waals surface area contributed by atoms with Gasteiger partial charge in [0.05, 0.1) is 19.1 Å². The van der Waals surface area contributed by atoms with Crippen LogP contribution in [0.15, 0.2) is 36.9 Å². The molecule has 1 saturated carbocycles. The summed E-state index contributed by atoms with van der Waals surface area (Å²) >= 11 is 2.30. The molecule has 3 aromatic heterocycles. The monoisotopic (exact) mass is 499 g/mol. The molecule has 0 atom stereocenters. The Labute approximate surface area is 180 Å². The maximum Gasteiger partial charge on any atom is 0.227 e. The zero-order valence-corrected chi connectivity index (χ0v) is 17.8. The van der Waals surface area contributed by atoms with Crippen LogP contribution in [0, 0.1) is 3.57 Å². The molecule has 4 aromatic rings. The molecule has 9 heteroatoms. The summed E-state index contributed by atoms with van der Waals surface area (Å²) in [5, 5.41) is 3.42. The van der Waals surface area contributed by atoms with Gasteiger partial charge in [-0.05, 0) is 53.1 Å². The van der Waals surface area contributed by atoms with E-state index in [9.17, 15) is 0 Å². The molecule has 29 heavy (non-hydrogen) atoms. The lowest BCUT2D eigenvalue weighted by atomic mass is 10.1. The molecule has 0 spiro atoms. The van der Waals surface area contributed by atoms with Gasteiger partial charge in [-0.15, -0.1) is 0 Å². The fraction of sp³-hybridized carbons (Fsp3) is 0.250. The Morgan fingerprint density at radius 3 is 2.72 bits per heavy atom. The Bertz CT molecular complexity index is 1170. The average Bonchev–Trinajstić information content (AvgIpc) is 3.49. The SMILES string of the molecule is COc1ncnc(C2CC2)c1-c1nc(NCc2ccc(I)cc2)c2[nH]cnc2n1. The topological polar surface area (TPSA) is 102 Å². The highest BCUT2D eigenvalue weighted by molar-refractivity contribution is 14.1. The molecular weight excluding hydrogens is 481 g/mol. The van der Waals surface area contributed by atoms with Gasteiger partial charge < -0.3 is 15.0 Å². The smallest absolute Gasteiger partial charge is 0.227 e. The maximum absolute atomic E-state index is 5.51. The zero-order valence-electron chi connectivity index (χ0n) is 15.7. The van der Waals surface area contributed by atoms with Crippen LogP contribution in [-0.2, 0) is 6.54 Å². The molecule has 2 N–H and O–H groups in total. The van der Waals surface area contributed by atoms with Gasteiger partial charge in [0.15, 0.2) is 17.3 Å². The first kappa shape index (κ1) is 18.2. The van der Waals surface area contributed by atoms with Crippen LogP contribution in [0.1, 0.15) is 30.0 Å². The molecule has 1 aliphatic rings. The third-order valence-corrected chi connectivity index (χ3v) is 5.60. The van der Waals surface area contributed by atoms with Crippen LogP contribution in [0.5, 0.6) is 5.88 Å². The van der Waals surface area contributed by atoms with Crippen molar-refractivity contribution in [3.8, 4) is 17.3 Å². The van der Waals surface area contributed by atoms with Crippen LogP contribution in [0.2, 0.25) is 0 Å². The summed E-state index contributed by atoms with van der Waals surface area (Å²) in [5.74, 6) is 2.10. The fourth-order valence-corrected chi connectivity index (χ4v) is 3.63. The highest BCUT2D eigenvalue weighted by Gasteiger charge is 2.31. The molecule has 8 nitrogen and oxygen atoms in total. The van der Waals surface area contributed by atoms with E-state index < -0.39 is 0 Å². The molecule has 0 bridgehead atoms. The van der Waals surface area contributed by atoms with Crippen molar-refractivity contribution in [3.05, 3.63) is 51.7 Å². The molecule has 0 saturated heterocycles. The lowest BCUT2D eigenvalue weighted by Crippen LogP contribution is -2.06. The van der Waals surface area contributed by atoms with Gasteiger partial charge in [0, 0.05) is 16.0 Å². The average molecular weight is 499 g/mol. The molecule has 0 unspecified atom stereocenters. The maximum atomic E-state index is 5.51. The van der Waals surface area contributed by atoms with E-state index in [2.05, 4.69) is 77.1 Å². The van der Waals surface area contributed by atoms with Crippen LogP contribution in [-0.4, -0.2) is 37.0 Å². The second-order valence-corrected chi connectivity index (χ2v) is 8.14. The predicted octanol–water partition coefficient (Wildman–Crippen LogP) is 3.91. The van der Waals surface area contributed by atoms with Crippen LogP contribution in [0.4, 0.5) is 5.82 Å². The number of aromatic nitrogens is 6. The Hall–Kier alpha value is -2.82. The van der Waals surface area contributed by atoms with Crippen molar-refractivity contribution in [3.63, 3.8) is 0 Å². The number of aromatic amines is 1. The lowest BCUT2D eigenvalue weighted by Gasteiger charge is -2.12. The first-order valence-corrected chi connectivity index (χ1v) is 10.4. The zero-order chi connectivity index (χ0) is 19.8. The molecule has 0 aliphatic heterocycles. The molecule has 1 aromatic carbocycles. The number of hydrogen-bond acceptors (Lipinski definition) is 7. The minimum atomic E-state index is 0.406. The van der Waals surface area contributed by atoms with E-state index in [1.807, 2.05) is 0 Å². The van der Waals surface area contributed by atoms with Gasteiger partial charge in [-0.25, -0.2) is 24.9 Å². The van der Waals surface area contributed by atoms with Crippen molar-refractivity contribution in [2.24, 2.45) is 0 Å². The molecule has 1 aliphatic carbocycles. The van der Waals surface area contributed by atoms with Gasteiger partial charge in [-0.3, -0.25) is 0 Å². The van der Waals surface area contributed by atoms with E-state index in [0.717, 1.165) is 35.2 Å². The first-order chi connectivity index (χ1) is 14.2. The third kappa shape index (κ3) is 3.61. The minimum absolute atomic E-state index is 0.406. The minimum Gasteiger partial charge on any atom is -0.480 e. The van der Waals surface area contributed by atoms with Gasteiger partial charge in [0.2, 0.25) is 5.88 Å². The van der Waals surface area contributed by atoms with Gasteiger partial charge >= 0.3 is 0 Å². The molecule has 3 heterocycles. The summed E-state index contributed by atoms with van der Waals surface area (Å²) < 4.78 is 6.72. The summed E-state index contributed by atoms with van der Waals surface area (Å²) in [6.07, 6.45) is 5.38. The van der Waals surface area contributed by atoms with E-state index >= 15 is 0 Å². The Balaban J connectivity index is 1.57. The van der Waals surface area contributed by atoms with E-state index in [1.54, 1.807) is 19.8 Å². The number of benzene rings is 1. The van der Waals surface area contributed by atoms with Crippen LogP contribution >= 0.6 is 22.6 Å². The van der Waals surface area contributed by atoms with Gasteiger partial charge in [-0.1, -0.05) is 12.1 Å². The molecular formula is C20H18IN7O. The molecule has 1 fully saturated rings. The lowest BCUT2D eigenvalue weighted by molar-refractivity contribution is 0.397. The van der Waals surface area contributed by atoms with E-state index in [1.165, 1.54) is 3.57 Å². The first-order valence-electron chi connectivity index (χ1n) is 9.31. The predicted molar refractivity (Wildman–Crippen MR) is 118 cm³/mol. The molecule has 0 radical (unpaired) electrons. The normalized spacial score (nSPS) is 13.6. The number of ether oxygens (including phenoxy) is 1. The van der Waals surface area contributed by atoms with E-state index in [4.69, 9.17) is 9.72 Å². The number of fused-ring (bicyclic) bond motifs is 1. The number of imidazole rings is 1. The van der Waals surface area contributed by atoms with Crippen LogP contribution in [0.3, 0.4) is 0 Å². The number of nitrogens with one attached hydrogen (secondary N) is 2. The molecule has 0 amide bonds. The summed E-state index contributed by atoms with van der Waals surface area (Å²) in [6.45, 7) is 0.638. The van der Waals surface area contributed by atoms with E-state index in [0.29, 0.717) is 35.6 Å². The quantitative estimate of drug-likeness (QED) is 0.388. The van der Waals surface area contributed by atoms with Crippen molar-refractivity contribution >= 4 is 39.6 Å². The van der Waals surface area contributed by atoms with Crippen molar-refractivity contribution in [1.29, 1.82) is 0 Å². The number of halogens is 1. The number of anilines is 1. The van der Waals surface area contributed by atoms with Crippen molar-refractivity contribution < 1.29 is 4.74 Å². The van der Waals surface area contributed by atoms with Crippen LogP contribution < -0.4 is 10.1 Å². The largest absolute Gasteiger partial charge is 0.480 e. The number of hydrogen-bond donors (Lipinski definition) is 2. The Kier molecular flexibility index (Phi) is 4.74. The summed E-state index contributed by atoms with van der Waals surface area (Å²) in [7, 11) is 1.60. The standard InChI is InChI=1S/C20H18IN7O/c1-29-20-14(15(12-4-5-12)23-10-26-20)17-27-18(16-19(28-17)25-9-24-16)22-8-11-2-6-13(21)7-3-11/h2-3,6-7,9-10,12H,4-5,8H2,1H3,(H2,22,24,25,27,28). The summed E-state index contributed by atoms with van der Waals surface area (Å²) in [5.41, 5.74) is 4.21. The second-order valence-electron chi connectivity index (χ2n) is 6.89. The third-order valence-electron chi connectivity index (χ3n) is 4.88. The number of H-pyrrole nitrogens is 1. The highest BCUT2D eigenvalue weighted by Crippen LogP contribution is 2.45. The van der Waals surface area contributed by atoms with Crippen molar-refractivity contribution in [2.75, 3.05) is 12.4 Å². The van der Waals surface area contributed by atoms with Crippen molar-refractivity contribution in [2.45, 2.75) is 25.3 Å². The Morgan fingerprint density at radius 1 is 1.14 bits per heavy atom. The molecule has 146 valence electrons. The summed E-state index contributed by atoms with van der Waals surface area (Å²) in [6, 6.07) is 8.37. The number of methoxy groups -OCH3 is 1. The Morgan fingerprint density at radius 2 is 1.97 bits per heavy atom. The van der Waals surface area contributed by atoms with E-state index in [-0.39, 0.29) is 0 Å².